The number of aliphatic hydroxyl groups excluding tert-OH is 1. The van der Waals surface area contributed by atoms with Gasteiger partial charge in [0.2, 0.25) is 0 Å². The van der Waals surface area contributed by atoms with Gasteiger partial charge in [0, 0.05) is 23.3 Å². The van der Waals surface area contributed by atoms with E-state index in [1.54, 1.807) is 12.4 Å². The van der Waals surface area contributed by atoms with Gasteiger partial charge in [-0.3, -0.25) is 4.98 Å². The van der Waals surface area contributed by atoms with E-state index in [-0.39, 0.29) is 6.10 Å². The zero-order valence-corrected chi connectivity index (χ0v) is 11.0. The van der Waals surface area contributed by atoms with Crippen LogP contribution in [-0.4, -0.2) is 16.2 Å². The standard InChI is InChI=1S/C14H14BrNO/c15-13-6-12(9-16-10-13)8-14(17)7-11-4-2-1-3-5-11/h1-6,9-10,14,17H,7-8H2. The van der Waals surface area contributed by atoms with Crippen molar-refractivity contribution >= 4 is 15.9 Å². The molecule has 0 saturated carbocycles. The molecular formula is C14H14BrNO. The second-order valence-corrected chi connectivity index (χ2v) is 4.97. The Labute approximate surface area is 109 Å². The van der Waals surface area contributed by atoms with Crippen LogP contribution in [-0.2, 0) is 12.8 Å². The van der Waals surface area contributed by atoms with Gasteiger partial charge in [-0.1, -0.05) is 30.3 Å². The molecule has 0 radical (unpaired) electrons. The van der Waals surface area contributed by atoms with Crippen molar-refractivity contribution in [3.8, 4) is 0 Å². The van der Waals surface area contributed by atoms with Crippen LogP contribution in [0.3, 0.4) is 0 Å². The molecule has 2 nitrogen and oxygen atoms in total. The van der Waals surface area contributed by atoms with Gasteiger partial charge in [0.25, 0.3) is 0 Å². The number of rotatable bonds is 4. The Bertz CT molecular complexity index is 473. The zero-order chi connectivity index (χ0) is 12.1. The Hall–Kier alpha value is -1.19. The number of hydrogen-bond acceptors (Lipinski definition) is 2. The van der Waals surface area contributed by atoms with Crippen LogP contribution >= 0.6 is 15.9 Å². The molecule has 0 bridgehead atoms. The van der Waals surface area contributed by atoms with Crippen molar-refractivity contribution in [2.45, 2.75) is 18.9 Å². The van der Waals surface area contributed by atoms with Gasteiger partial charge in [-0.2, -0.15) is 0 Å². The maximum atomic E-state index is 10.0. The quantitative estimate of drug-likeness (QED) is 0.939. The van der Waals surface area contributed by atoms with Gasteiger partial charge in [-0.05, 0) is 39.5 Å². The fraction of sp³-hybridized carbons (Fsp3) is 0.214. The van der Waals surface area contributed by atoms with Crippen LogP contribution in [0.4, 0.5) is 0 Å². The van der Waals surface area contributed by atoms with Gasteiger partial charge in [-0.15, -0.1) is 0 Å². The highest BCUT2D eigenvalue weighted by Gasteiger charge is 2.07. The second-order valence-electron chi connectivity index (χ2n) is 4.06. The summed E-state index contributed by atoms with van der Waals surface area (Å²) in [4.78, 5) is 4.09. The van der Waals surface area contributed by atoms with Gasteiger partial charge in [0.1, 0.15) is 0 Å². The first-order valence-corrected chi connectivity index (χ1v) is 6.35. The number of halogens is 1. The minimum atomic E-state index is -0.367. The minimum Gasteiger partial charge on any atom is -0.392 e. The van der Waals surface area contributed by atoms with Crippen molar-refractivity contribution in [3.63, 3.8) is 0 Å². The maximum Gasteiger partial charge on any atom is 0.0621 e. The molecule has 17 heavy (non-hydrogen) atoms. The third kappa shape index (κ3) is 3.95. The number of hydrogen-bond donors (Lipinski definition) is 1. The molecule has 0 aliphatic heterocycles. The van der Waals surface area contributed by atoms with Crippen molar-refractivity contribution in [3.05, 3.63) is 64.4 Å². The summed E-state index contributed by atoms with van der Waals surface area (Å²) in [6.07, 6.45) is 4.47. The van der Waals surface area contributed by atoms with Crippen molar-refractivity contribution < 1.29 is 5.11 Å². The zero-order valence-electron chi connectivity index (χ0n) is 9.38. The topological polar surface area (TPSA) is 33.1 Å². The van der Waals surface area contributed by atoms with Crippen LogP contribution < -0.4 is 0 Å². The second kappa shape index (κ2) is 5.94. The molecule has 1 aromatic carbocycles. The van der Waals surface area contributed by atoms with Crippen molar-refractivity contribution in [2.75, 3.05) is 0 Å². The molecule has 2 aromatic rings. The lowest BCUT2D eigenvalue weighted by Gasteiger charge is -2.10. The molecular weight excluding hydrogens is 278 g/mol. The lowest BCUT2D eigenvalue weighted by Crippen LogP contribution is -2.14. The van der Waals surface area contributed by atoms with Crippen LogP contribution in [0, 0.1) is 0 Å². The first kappa shape index (κ1) is 12.3. The molecule has 1 unspecified atom stereocenters. The van der Waals surface area contributed by atoms with Crippen molar-refractivity contribution in [2.24, 2.45) is 0 Å². The molecule has 1 N–H and O–H groups in total. The molecule has 0 amide bonds. The molecule has 2 rings (SSSR count). The molecule has 0 aliphatic carbocycles. The number of aromatic nitrogens is 1. The van der Waals surface area contributed by atoms with E-state index in [9.17, 15) is 5.11 Å². The van der Waals surface area contributed by atoms with E-state index < -0.39 is 0 Å². The third-order valence-electron chi connectivity index (χ3n) is 2.55. The first-order valence-electron chi connectivity index (χ1n) is 5.55. The Morgan fingerprint density at radius 1 is 1.06 bits per heavy atom. The first-order chi connectivity index (χ1) is 8.24. The highest BCUT2D eigenvalue weighted by atomic mass is 79.9. The number of pyridine rings is 1. The molecule has 0 saturated heterocycles. The third-order valence-corrected chi connectivity index (χ3v) is 2.98. The van der Waals surface area contributed by atoms with Gasteiger partial charge in [-0.25, -0.2) is 0 Å². The average Bonchev–Trinajstić information content (AvgIpc) is 2.30. The Morgan fingerprint density at radius 3 is 2.47 bits per heavy atom. The smallest absolute Gasteiger partial charge is 0.0621 e. The van der Waals surface area contributed by atoms with Crippen LogP contribution in [0.25, 0.3) is 0 Å². The fourth-order valence-corrected chi connectivity index (χ4v) is 2.21. The van der Waals surface area contributed by atoms with E-state index in [2.05, 4.69) is 20.9 Å². The highest BCUT2D eigenvalue weighted by molar-refractivity contribution is 9.10. The Balaban J connectivity index is 1.96. The molecule has 3 heteroatoms. The van der Waals surface area contributed by atoms with Gasteiger partial charge in [0.05, 0.1) is 6.10 Å². The van der Waals surface area contributed by atoms with Gasteiger partial charge in [0.15, 0.2) is 0 Å². The van der Waals surface area contributed by atoms with Crippen LogP contribution in [0.5, 0.6) is 0 Å². The number of nitrogens with zero attached hydrogens (tertiary/aromatic N) is 1. The van der Waals surface area contributed by atoms with Crippen LogP contribution in [0.15, 0.2) is 53.3 Å². The van der Waals surface area contributed by atoms with Gasteiger partial charge < -0.3 is 5.11 Å². The highest BCUT2D eigenvalue weighted by Crippen LogP contribution is 2.13. The SMILES string of the molecule is OC(Cc1ccccc1)Cc1cncc(Br)c1. The largest absolute Gasteiger partial charge is 0.392 e. The predicted octanol–water partition coefficient (Wildman–Crippen LogP) is 2.99. The fourth-order valence-electron chi connectivity index (χ4n) is 1.80. The van der Waals surface area contributed by atoms with E-state index in [0.717, 1.165) is 15.6 Å². The van der Waals surface area contributed by atoms with Crippen molar-refractivity contribution in [1.29, 1.82) is 0 Å². The lowest BCUT2D eigenvalue weighted by atomic mass is 10.0. The maximum absolute atomic E-state index is 10.0. The number of aliphatic hydroxyl groups is 1. The summed E-state index contributed by atoms with van der Waals surface area (Å²) in [5.41, 5.74) is 2.20. The Morgan fingerprint density at radius 2 is 1.76 bits per heavy atom. The summed E-state index contributed by atoms with van der Waals surface area (Å²) in [5.74, 6) is 0. The summed E-state index contributed by atoms with van der Waals surface area (Å²) in [6, 6.07) is 12.0. The molecule has 0 aliphatic rings. The molecule has 0 fully saturated rings. The average molecular weight is 292 g/mol. The molecule has 1 atom stereocenters. The van der Waals surface area contributed by atoms with Crippen LogP contribution in [0.2, 0.25) is 0 Å². The van der Waals surface area contributed by atoms with E-state index in [0.29, 0.717) is 12.8 Å². The molecule has 88 valence electrons. The molecule has 1 aromatic heterocycles. The minimum absolute atomic E-state index is 0.367. The van der Waals surface area contributed by atoms with E-state index in [1.807, 2.05) is 36.4 Å². The summed E-state index contributed by atoms with van der Waals surface area (Å²) in [5, 5.41) is 10.0. The summed E-state index contributed by atoms with van der Waals surface area (Å²) < 4.78 is 0.946. The summed E-state index contributed by atoms with van der Waals surface area (Å²) in [6.45, 7) is 0. The number of benzene rings is 1. The molecule has 1 heterocycles. The normalized spacial score (nSPS) is 12.4. The molecule has 0 spiro atoms. The monoisotopic (exact) mass is 291 g/mol. The van der Waals surface area contributed by atoms with Crippen LogP contribution in [0.1, 0.15) is 11.1 Å². The van der Waals surface area contributed by atoms with E-state index in [1.165, 1.54) is 0 Å². The Kier molecular flexibility index (Phi) is 4.29. The summed E-state index contributed by atoms with van der Waals surface area (Å²) >= 11 is 3.37. The predicted molar refractivity (Wildman–Crippen MR) is 71.8 cm³/mol. The summed E-state index contributed by atoms with van der Waals surface area (Å²) in [7, 11) is 0. The lowest BCUT2D eigenvalue weighted by molar-refractivity contribution is 0.175. The van der Waals surface area contributed by atoms with E-state index >= 15 is 0 Å². The van der Waals surface area contributed by atoms with Crippen molar-refractivity contribution in [1.82, 2.24) is 4.98 Å². The van der Waals surface area contributed by atoms with E-state index in [4.69, 9.17) is 0 Å². The van der Waals surface area contributed by atoms with Gasteiger partial charge >= 0.3 is 0 Å².